The molecule has 0 unspecified atom stereocenters. The summed E-state index contributed by atoms with van der Waals surface area (Å²) in [5.41, 5.74) is 2.34. The molecule has 0 aliphatic rings. The van der Waals surface area contributed by atoms with E-state index < -0.39 is 10.0 Å². The molecule has 0 bridgehead atoms. The van der Waals surface area contributed by atoms with E-state index in [4.69, 9.17) is 0 Å². The molecule has 2 aromatic carbocycles. The second-order valence-corrected chi connectivity index (χ2v) is 8.78. The van der Waals surface area contributed by atoms with Crippen LogP contribution in [0, 0.1) is 6.92 Å². The zero-order chi connectivity index (χ0) is 18.1. The minimum absolute atomic E-state index is 0.0332. The van der Waals surface area contributed by atoms with E-state index in [1.54, 1.807) is 31.2 Å². The Bertz CT molecular complexity index is 819. The molecule has 5 heteroatoms. The molecule has 0 saturated heterocycles. The molecule has 0 fully saturated rings. The van der Waals surface area contributed by atoms with Crippen LogP contribution in [0.4, 0.5) is 5.69 Å². The molecule has 0 heterocycles. The molecule has 1 N–H and O–H groups in total. The van der Waals surface area contributed by atoms with Crippen LogP contribution in [0.2, 0.25) is 0 Å². The average Bonchev–Trinajstić information content (AvgIpc) is 2.50. The first-order valence-corrected chi connectivity index (χ1v) is 9.44. The summed E-state index contributed by atoms with van der Waals surface area (Å²) in [7, 11) is -3.68. The molecule has 0 spiro atoms. The van der Waals surface area contributed by atoms with Gasteiger partial charge in [0.1, 0.15) is 5.75 Å². The maximum absolute atomic E-state index is 13.0. The third kappa shape index (κ3) is 3.56. The monoisotopic (exact) mass is 347 g/mol. The van der Waals surface area contributed by atoms with Crippen LogP contribution in [-0.4, -0.2) is 20.1 Å². The summed E-state index contributed by atoms with van der Waals surface area (Å²) < 4.78 is 27.4. The fourth-order valence-corrected chi connectivity index (χ4v) is 4.12. The van der Waals surface area contributed by atoms with Crippen LogP contribution in [0.25, 0.3) is 0 Å². The van der Waals surface area contributed by atoms with E-state index in [1.165, 1.54) is 10.4 Å². The van der Waals surface area contributed by atoms with Crippen molar-refractivity contribution in [2.24, 2.45) is 0 Å². The lowest BCUT2D eigenvalue weighted by molar-refractivity contribution is 0.475. The normalized spacial score (nSPS) is 12.2. The van der Waals surface area contributed by atoms with Crippen molar-refractivity contribution in [3.8, 4) is 5.75 Å². The van der Waals surface area contributed by atoms with Gasteiger partial charge in [-0.2, -0.15) is 0 Å². The Morgan fingerprint density at radius 2 is 1.62 bits per heavy atom. The number of phenolic OH excluding ortho intramolecular Hbond substituents is 1. The van der Waals surface area contributed by atoms with Gasteiger partial charge in [0.05, 0.1) is 10.6 Å². The number of hydrogen-bond donors (Lipinski definition) is 1. The molecule has 0 saturated carbocycles. The smallest absolute Gasteiger partial charge is 0.264 e. The lowest BCUT2D eigenvalue weighted by atomic mass is 9.87. The highest BCUT2D eigenvalue weighted by Gasteiger charge is 2.25. The van der Waals surface area contributed by atoms with E-state index in [0.29, 0.717) is 5.69 Å². The highest BCUT2D eigenvalue weighted by atomic mass is 32.2. The van der Waals surface area contributed by atoms with Gasteiger partial charge in [-0.15, -0.1) is 0 Å². The molecule has 24 heavy (non-hydrogen) atoms. The second kappa shape index (κ2) is 6.48. The second-order valence-electron chi connectivity index (χ2n) is 6.91. The number of anilines is 1. The molecule has 2 rings (SSSR count). The van der Waals surface area contributed by atoms with E-state index >= 15 is 0 Å². The summed E-state index contributed by atoms with van der Waals surface area (Å²) in [6, 6.07) is 11.8. The molecule has 0 radical (unpaired) electrons. The summed E-state index contributed by atoms with van der Waals surface area (Å²) in [4.78, 5) is 0.250. The van der Waals surface area contributed by atoms with Crippen molar-refractivity contribution in [2.45, 2.75) is 44.9 Å². The molecule has 2 aromatic rings. The summed E-state index contributed by atoms with van der Waals surface area (Å²) in [6.07, 6.45) is 0. The fourth-order valence-electron chi connectivity index (χ4n) is 2.59. The predicted molar refractivity (Wildman–Crippen MR) is 98.2 cm³/mol. The van der Waals surface area contributed by atoms with Crippen LogP contribution >= 0.6 is 0 Å². The number of aromatic hydroxyl groups is 1. The van der Waals surface area contributed by atoms with Crippen molar-refractivity contribution in [1.82, 2.24) is 0 Å². The zero-order valence-corrected chi connectivity index (χ0v) is 15.7. The number of hydrogen-bond acceptors (Lipinski definition) is 3. The number of sulfonamides is 1. The van der Waals surface area contributed by atoms with E-state index in [1.807, 2.05) is 19.1 Å². The van der Waals surface area contributed by atoms with Crippen molar-refractivity contribution in [1.29, 1.82) is 0 Å². The average molecular weight is 347 g/mol. The highest BCUT2D eigenvalue weighted by Crippen LogP contribution is 2.30. The Morgan fingerprint density at radius 1 is 1.04 bits per heavy atom. The van der Waals surface area contributed by atoms with Crippen molar-refractivity contribution < 1.29 is 13.5 Å². The number of nitrogens with zero attached hydrogens (tertiary/aromatic N) is 1. The van der Waals surface area contributed by atoms with Crippen LogP contribution in [0.3, 0.4) is 0 Å². The molecule has 0 atom stereocenters. The fraction of sp³-hybridized carbons (Fsp3) is 0.368. The Hall–Kier alpha value is -2.01. The van der Waals surface area contributed by atoms with E-state index in [9.17, 15) is 13.5 Å². The number of benzene rings is 2. The van der Waals surface area contributed by atoms with Gasteiger partial charge in [-0.25, -0.2) is 8.42 Å². The Kier molecular flexibility index (Phi) is 4.95. The molecule has 4 nitrogen and oxygen atoms in total. The molecular formula is C19H25NO3S. The Morgan fingerprint density at radius 3 is 2.12 bits per heavy atom. The van der Waals surface area contributed by atoms with Gasteiger partial charge < -0.3 is 5.11 Å². The van der Waals surface area contributed by atoms with Crippen molar-refractivity contribution in [2.75, 3.05) is 10.8 Å². The van der Waals surface area contributed by atoms with Gasteiger partial charge in [-0.05, 0) is 48.6 Å². The third-order valence-electron chi connectivity index (χ3n) is 4.06. The number of phenols is 1. The molecule has 130 valence electrons. The van der Waals surface area contributed by atoms with Gasteiger partial charge in [-0.3, -0.25) is 4.31 Å². The van der Waals surface area contributed by atoms with Gasteiger partial charge in [0.15, 0.2) is 0 Å². The molecule has 0 amide bonds. The Labute approximate surface area is 144 Å². The lowest BCUT2D eigenvalue weighted by Gasteiger charge is -2.25. The first kappa shape index (κ1) is 18.3. The van der Waals surface area contributed by atoms with Gasteiger partial charge in [0.25, 0.3) is 10.0 Å². The first-order valence-electron chi connectivity index (χ1n) is 8.00. The topological polar surface area (TPSA) is 57.6 Å². The number of aryl methyl sites for hydroxylation is 1. The molecule has 0 aliphatic carbocycles. The van der Waals surface area contributed by atoms with E-state index in [0.717, 1.165) is 11.1 Å². The van der Waals surface area contributed by atoms with E-state index in [2.05, 4.69) is 20.8 Å². The van der Waals surface area contributed by atoms with Crippen LogP contribution in [0.1, 0.15) is 38.8 Å². The first-order chi connectivity index (χ1) is 11.1. The van der Waals surface area contributed by atoms with Gasteiger partial charge >= 0.3 is 0 Å². The van der Waals surface area contributed by atoms with Crippen LogP contribution in [-0.2, 0) is 15.4 Å². The minimum Gasteiger partial charge on any atom is -0.508 e. The predicted octanol–water partition coefficient (Wildman–Crippen LogP) is 4.21. The quantitative estimate of drug-likeness (QED) is 0.901. The highest BCUT2D eigenvalue weighted by molar-refractivity contribution is 7.92. The van der Waals surface area contributed by atoms with Crippen LogP contribution in [0.5, 0.6) is 5.75 Å². The molecule has 0 aromatic heterocycles. The van der Waals surface area contributed by atoms with Gasteiger partial charge in [0, 0.05) is 12.6 Å². The Balaban J connectivity index is 2.49. The lowest BCUT2D eigenvalue weighted by Crippen LogP contribution is -2.31. The van der Waals surface area contributed by atoms with Crippen molar-refractivity contribution >= 4 is 15.7 Å². The van der Waals surface area contributed by atoms with Crippen LogP contribution < -0.4 is 4.31 Å². The third-order valence-corrected chi connectivity index (χ3v) is 5.96. The summed E-state index contributed by atoms with van der Waals surface area (Å²) in [6.45, 7) is 10.2. The summed E-state index contributed by atoms with van der Waals surface area (Å²) in [5, 5.41) is 9.72. The van der Waals surface area contributed by atoms with Crippen molar-refractivity contribution in [3.05, 3.63) is 53.6 Å². The maximum Gasteiger partial charge on any atom is 0.264 e. The zero-order valence-electron chi connectivity index (χ0n) is 14.9. The molecular weight excluding hydrogens is 322 g/mol. The summed E-state index contributed by atoms with van der Waals surface area (Å²) in [5.74, 6) is 0.0485. The van der Waals surface area contributed by atoms with E-state index in [-0.39, 0.29) is 22.6 Å². The SMILES string of the molecule is CCN(c1cc(O)ccc1C)S(=O)(=O)c1ccc(C(C)(C)C)cc1. The van der Waals surface area contributed by atoms with Crippen molar-refractivity contribution in [3.63, 3.8) is 0 Å². The maximum atomic E-state index is 13.0. The summed E-state index contributed by atoms with van der Waals surface area (Å²) >= 11 is 0. The van der Waals surface area contributed by atoms with Gasteiger partial charge in [-0.1, -0.05) is 39.0 Å². The van der Waals surface area contributed by atoms with Crippen LogP contribution in [0.15, 0.2) is 47.4 Å². The largest absolute Gasteiger partial charge is 0.508 e. The minimum atomic E-state index is -3.68. The van der Waals surface area contributed by atoms with Gasteiger partial charge in [0.2, 0.25) is 0 Å². The molecule has 0 aliphatic heterocycles. The standard InChI is InChI=1S/C19H25NO3S/c1-6-20(18-13-16(21)10-7-14(18)2)24(22,23)17-11-8-15(9-12-17)19(3,4)5/h7-13,21H,6H2,1-5H3. The number of rotatable bonds is 4.